The minimum Gasteiger partial charge on any atom is -0.493 e. The number of rotatable bonds is 5. The van der Waals surface area contributed by atoms with Crippen molar-refractivity contribution in [1.29, 1.82) is 0 Å². The van der Waals surface area contributed by atoms with Gasteiger partial charge >= 0.3 is 17.1 Å². The number of benzene rings is 2. The molecule has 0 unspecified atom stereocenters. The highest BCUT2D eigenvalue weighted by molar-refractivity contribution is 7.10. The summed E-state index contributed by atoms with van der Waals surface area (Å²) >= 11 is 7.09. The zero-order chi connectivity index (χ0) is 31.1. The van der Waals surface area contributed by atoms with Crippen molar-refractivity contribution >= 4 is 40.8 Å². The molecule has 9 nitrogen and oxygen atoms in total. The first-order valence-electron chi connectivity index (χ1n) is 13.3. The predicted octanol–water partition coefficient (Wildman–Crippen LogP) is 4.33. The van der Waals surface area contributed by atoms with E-state index in [0.29, 0.717) is 33.9 Å². The lowest BCUT2D eigenvalue weighted by atomic mass is 9.99. The van der Waals surface area contributed by atoms with Crippen molar-refractivity contribution in [2.75, 3.05) is 19.8 Å². The Morgan fingerprint density at radius 3 is 2.67 bits per heavy atom. The Morgan fingerprint density at radius 1 is 1.21 bits per heavy atom. The van der Waals surface area contributed by atoms with E-state index in [4.69, 9.17) is 21.1 Å². The van der Waals surface area contributed by atoms with Gasteiger partial charge < -0.3 is 14.6 Å². The van der Waals surface area contributed by atoms with E-state index < -0.39 is 34.3 Å². The van der Waals surface area contributed by atoms with E-state index in [1.165, 1.54) is 11.0 Å². The summed E-state index contributed by atoms with van der Waals surface area (Å²) in [6.07, 6.45) is -3.56. The monoisotopic (exact) mass is 636 g/mol. The predicted molar refractivity (Wildman–Crippen MR) is 155 cm³/mol. The molecule has 3 heterocycles. The number of carbonyl (C=O) groups excluding carboxylic acids is 1. The average molecular weight is 637 g/mol. The third-order valence-corrected chi connectivity index (χ3v) is 8.26. The number of aromatic hydroxyl groups is 1. The molecule has 1 saturated heterocycles. The van der Waals surface area contributed by atoms with Crippen molar-refractivity contribution < 1.29 is 32.5 Å². The first-order valence-corrected chi connectivity index (χ1v) is 14.5. The molecule has 1 amide bonds. The molecule has 1 N–H and O–H groups in total. The minimum atomic E-state index is -4.57. The summed E-state index contributed by atoms with van der Waals surface area (Å²) in [5.41, 5.74) is -0.0848. The molecule has 228 valence electrons. The van der Waals surface area contributed by atoms with Crippen LogP contribution in [0.1, 0.15) is 42.3 Å². The van der Waals surface area contributed by atoms with Crippen molar-refractivity contribution in [3.8, 4) is 5.88 Å². The Labute approximate surface area is 253 Å². The number of morpholine rings is 1. The minimum absolute atomic E-state index is 0.00806. The molecule has 0 radical (unpaired) electrons. The highest BCUT2D eigenvalue weighted by Gasteiger charge is 2.34. The molecule has 1 atom stereocenters. The first-order chi connectivity index (χ1) is 20.2. The lowest BCUT2D eigenvalue weighted by Crippen LogP contribution is -2.52. The largest absolute Gasteiger partial charge is 0.493 e. The Morgan fingerprint density at radius 2 is 1.98 bits per heavy atom. The normalized spacial score (nSPS) is 17.5. The Hall–Kier alpha value is -3.68. The molecule has 3 aromatic rings. The van der Waals surface area contributed by atoms with Gasteiger partial charge in [-0.3, -0.25) is 14.3 Å². The number of hydrogen-bond donors (Lipinski definition) is 1. The number of ether oxygens (including phenoxy) is 2. The van der Waals surface area contributed by atoms with Gasteiger partial charge in [0.2, 0.25) is 5.88 Å². The molecular weight excluding hydrogens is 609 g/mol. The third-order valence-electron chi connectivity index (χ3n) is 6.88. The van der Waals surface area contributed by atoms with Gasteiger partial charge in [0.15, 0.2) is 0 Å². The van der Waals surface area contributed by atoms with Gasteiger partial charge in [0.25, 0.3) is 0 Å². The molecule has 14 heteroatoms. The summed E-state index contributed by atoms with van der Waals surface area (Å²) in [6, 6.07) is 7.71. The number of nitrogens with zero attached hydrogens (tertiary/aromatic N) is 4. The van der Waals surface area contributed by atoms with Crippen LogP contribution < -0.4 is 15.4 Å². The summed E-state index contributed by atoms with van der Waals surface area (Å²) in [5.74, 6) is -0.346. The van der Waals surface area contributed by atoms with Crippen molar-refractivity contribution in [3.63, 3.8) is 0 Å². The van der Waals surface area contributed by atoms with E-state index in [9.17, 15) is 27.9 Å². The number of amides is 1. The van der Waals surface area contributed by atoms with Crippen molar-refractivity contribution in [2.24, 2.45) is 10.2 Å². The zero-order valence-corrected chi connectivity index (χ0v) is 25.0. The number of alkyl halides is 3. The maximum absolute atomic E-state index is 13.3. The topological polar surface area (TPSA) is 106 Å². The van der Waals surface area contributed by atoms with Crippen LogP contribution in [0, 0.1) is 0 Å². The highest BCUT2D eigenvalue weighted by Crippen LogP contribution is 2.35. The maximum atomic E-state index is 13.3. The van der Waals surface area contributed by atoms with Crippen LogP contribution in [0.4, 0.5) is 18.0 Å². The van der Waals surface area contributed by atoms with Crippen LogP contribution in [0.2, 0.25) is 5.02 Å². The van der Waals surface area contributed by atoms with Crippen LogP contribution >= 0.6 is 22.9 Å². The lowest BCUT2D eigenvalue weighted by molar-refractivity contribution is -0.137. The lowest BCUT2D eigenvalue weighted by Gasteiger charge is -2.36. The molecule has 2 aliphatic rings. The second-order valence-electron chi connectivity index (χ2n) is 11.1. The molecular formula is C29H28ClF3N4O5S. The van der Waals surface area contributed by atoms with Gasteiger partial charge in [0.1, 0.15) is 5.60 Å². The van der Waals surface area contributed by atoms with Gasteiger partial charge in [-0.2, -0.15) is 23.4 Å². The van der Waals surface area contributed by atoms with Crippen molar-refractivity contribution in [1.82, 2.24) is 9.47 Å². The van der Waals surface area contributed by atoms with Gasteiger partial charge in [-0.15, -0.1) is 0 Å². The second kappa shape index (κ2) is 11.8. The number of halogens is 4. The van der Waals surface area contributed by atoms with Gasteiger partial charge in [0.05, 0.1) is 47.8 Å². The average Bonchev–Trinajstić information content (AvgIpc) is 3.50. The molecule has 0 aliphatic carbocycles. The number of aromatic nitrogens is 1. The number of hydrogen-bond acceptors (Lipinski definition) is 8. The zero-order valence-electron chi connectivity index (χ0n) is 23.4. The van der Waals surface area contributed by atoms with E-state index in [1.54, 1.807) is 45.2 Å². The molecule has 0 spiro atoms. The summed E-state index contributed by atoms with van der Waals surface area (Å²) in [6.45, 7) is 5.86. The third kappa shape index (κ3) is 6.78. The second-order valence-corrected chi connectivity index (χ2v) is 12.5. The van der Waals surface area contributed by atoms with Gasteiger partial charge in [-0.05, 0) is 61.4 Å². The number of thiazole rings is 1. The molecule has 1 aromatic heterocycles. The Bertz CT molecular complexity index is 1780. The van der Waals surface area contributed by atoms with Crippen LogP contribution in [0.5, 0.6) is 5.88 Å². The van der Waals surface area contributed by atoms with E-state index in [0.717, 1.165) is 28.0 Å². The van der Waals surface area contributed by atoms with Gasteiger partial charge in [-0.1, -0.05) is 35.1 Å². The quantitative estimate of drug-likeness (QED) is 0.449. The fraction of sp³-hybridized carbons (Fsp3) is 0.379. The molecule has 5 rings (SSSR count). The smallest absolute Gasteiger partial charge is 0.416 e. The summed E-state index contributed by atoms with van der Waals surface area (Å²) in [7, 11) is 0. The molecule has 2 aliphatic heterocycles. The van der Waals surface area contributed by atoms with Crippen LogP contribution in [-0.4, -0.2) is 58.3 Å². The number of carbonyl (C=O) groups is 1. The summed E-state index contributed by atoms with van der Waals surface area (Å²) < 4.78 is 52.1. The van der Waals surface area contributed by atoms with E-state index >= 15 is 0 Å². The van der Waals surface area contributed by atoms with Crippen LogP contribution in [0.3, 0.4) is 0 Å². The Balaban J connectivity index is 1.56. The first kappa shape index (κ1) is 30.8. The summed E-state index contributed by atoms with van der Waals surface area (Å²) in [5, 5.41) is 20.5. The molecule has 0 bridgehead atoms. The van der Waals surface area contributed by atoms with Gasteiger partial charge in [0, 0.05) is 23.6 Å². The fourth-order valence-electron chi connectivity index (χ4n) is 4.79. The van der Waals surface area contributed by atoms with Crippen LogP contribution in [0.25, 0.3) is 5.57 Å². The van der Waals surface area contributed by atoms with Crippen molar-refractivity contribution in [2.45, 2.75) is 51.6 Å². The SMILES string of the molecule is CC(C)(C)OC(=O)N1CCOC[C@H]1Cn1c(O)c(C(Cc2ccc(C(F)(F)F)cc2Cl)=c2ccc3c(c2)C=NN=3)sc1=O. The Kier molecular flexibility index (Phi) is 8.43. The van der Waals surface area contributed by atoms with Gasteiger partial charge in [-0.25, -0.2) is 4.79 Å². The molecule has 1 fully saturated rings. The molecule has 2 aromatic carbocycles. The fourth-order valence-corrected chi connectivity index (χ4v) is 6.00. The summed E-state index contributed by atoms with van der Waals surface area (Å²) in [4.78, 5) is 27.4. The van der Waals surface area contributed by atoms with E-state index in [-0.39, 0.29) is 41.9 Å². The standard InChI is InChI=1S/C29H28ClF3N4O5S/c1-28(2,3)42-26(39)36-8-9-41-15-20(36)14-37-25(38)24(43-27(37)40)21(16-5-7-23-18(10-16)13-34-35-23)11-17-4-6-19(12-22(17)30)29(31,32)33/h4-7,10,12-13,20,38H,8-9,11,14-15H2,1-3H3/t20-/m1/s1. The van der Waals surface area contributed by atoms with Crippen LogP contribution in [0.15, 0.2) is 51.4 Å². The maximum Gasteiger partial charge on any atom is 0.416 e. The van der Waals surface area contributed by atoms with Crippen LogP contribution in [-0.2, 0) is 28.6 Å². The molecule has 0 saturated carbocycles. The number of fused-ring (bicyclic) bond motifs is 1. The van der Waals surface area contributed by atoms with E-state index in [2.05, 4.69) is 10.2 Å². The van der Waals surface area contributed by atoms with Crippen molar-refractivity contribution in [3.05, 3.63) is 83.2 Å². The van der Waals surface area contributed by atoms with E-state index in [1.807, 2.05) is 0 Å². The highest BCUT2D eigenvalue weighted by atomic mass is 35.5. The molecule has 43 heavy (non-hydrogen) atoms.